The number of aromatic amines is 1. The van der Waals surface area contributed by atoms with Gasteiger partial charge < -0.3 is 4.98 Å². The summed E-state index contributed by atoms with van der Waals surface area (Å²) in [7, 11) is 0. The number of halogens is 2. The fourth-order valence-electron chi connectivity index (χ4n) is 2.02. The molecule has 0 spiro atoms. The minimum atomic E-state index is -0.0465. The molecule has 0 fully saturated rings. The molecule has 1 N–H and O–H groups in total. The molecule has 2 heterocycles. The van der Waals surface area contributed by atoms with Crippen molar-refractivity contribution in [2.45, 2.75) is 0 Å². The molecule has 0 saturated carbocycles. The summed E-state index contributed by atoms with van der Waals surface area (Å²) in [6.07, 6.45) is 1.69. The predicted octanol–water partition coefficient (Wildman–Crippen LogP) is 4.86. The third kappa shape index (κ3) is 2.22. The van der Waals surface area contributed by atoms with Crippen molar-refractivity contribution < 1.29 is 4.79 Å². The van der Waals surface area contributed by atoms with Crippen molar-refractivity contribution >= 4 is 59.9 Å². The number of H-pyrrole nitrogens is 1. The average Bonchev–Trinajstić information content (AvgIpc) is 3.00. The number of hydrogen-bond donors (Lipinski definition) is 1. The number of aromatic nitrogens is 1. The van der Waals surface area contributed by atoms with Gasteiger partial charge in [0.1, 0.15) is 0 Å². The van der Waals surface area contributed by atoms with Crippen LogP contribution in [0.1, 0.15) is 21.5 Å². The molecular formula is C14H6Br2N2OS. The van der Waals surface area contributed by atoms with E-state index in [1.807, 2.05) is 0 Å². The lowest BCUT2D eigenvalue weighted by atomic mass is 10.0. The number of nitriles is 1. The second-order valence-corrected chi connectivity index (χ2v) is 7.89. The number of hydrogen-bond acceptors (Lipinski definition) is 3. The molecule has 0 saturated heterocycles. The van der Waals surface area contributed by atoms with Gasteiger partial charge in [0.05, 0.1) is 19.2 Å². The molecule has 0 aliphatic heterocycles. The van der Waals surface area contributed by atoms with Crippen LogP contribution in [-0.4, -0.2) is 10.8 Å². The van der Waals surface area contributed by atoms with Crippen LogP contribution in [0.15, 0.2) is 38.0 Å². The fourth-order valence-corrected chi connectivity index (χ4v) is 4.82. The Hall–Kier alpha value is -1.42. The summed E-state index contributed by atoms with van der Waals surface area (Å²) in [4.78, 5) is 15.6. The van der Waals surface area contributed by atoms with Crippen LogP contribution in [0.5, 0.6) is 0 Å². The van der Waals surface area contributed by atoms with E-state index >= 15 is 0 Å². The summed E-state index contributed by atoms with van der Waals surface area (Å²) in [6, 6.07) is 9.14. The Morgan fingerprint density at radius 1 is 1.25 bits per heavy atom. The Bertz CT molecular complexity index is 873. The summed E-state index contributed by atoms with van der Waals surface area (Å²) in [5, 5.41) is 9.71. The van der Waals surface area contributed by atoms with E-state index in [4.69, 9.17) is 5.26 Å². The van der Waals surface area contributed by atoms with Crippen molar-refractivity contribution in [2.24, 2.45) is 0 Å². The van der Waals surface area contributed by atoms with Crippen LogP contribution in [0.3, 0.4) is 0 Å². The van der Waals surface area contributed by atoms with Crippen LogP contribution in [0.2, 0.25) is 0 Å². The van der Waals surface area contributed by atoms with Gasteiger partial charge in [-0.25, -0.2) is 0 Å². The smallest absolute Gasteiger partial charge is 0.197 e. The van der Waals surface area contributed by atoms with Gasteiger partial charge in [-0.05, 0) is 50.1 Å². The Labute approximate surface area is 135 Å². The number of carbonyl (C=O) groups is 1. The zero-order valence-electron chi connectivity index (χ0n) is 9.91. The van der Waals surface area contributed by atoms with Gasteiger partial charge in [0.25, 0.3) is 0 Å². The van der Waals surface area contributed by atoms with Crippen LogP contribution >= 0.6 is 43.2 Å². The molecule has 3 nitrogen and oxygen atoms in total. The number of fused-ring (bicyclic) bond motifs is 1. The topological polar surface area (TPSA) is 56.6 Å². The highest BCUT2D eigenvalue weighted by Crippen LogP contribution is 2.34. The van der Waals surface area contributed by atoms with E-state index in [2.05, 4.69) is 42.9 Å². The lowest BCUT2D eigenvalue weighted by Crippen LogP contribution is -1.99. The van der Waals surface area contributed by atoms with Crippen LogP contribution in [0.4, 0.5) is 0 Å². The first-order valence-corrected chi connectivity index (χ1v) is 8.01. The molecule has 20 heavy (non-hydrogen) atoms. The van der Waals surface area contributed by atoms with E-state index in [0.717, 1.165) is 18.5 Å². The first-order valence-electron chi connectivity index (χ1n) is 5.61. The average molecular weight is 410 g/mol. The van der Waals surface area contributed by atoms with Crippen molar-refractivity contribution in [3.8, 4) is 6.07 Å². The molecule has 1 aromatic carbocycles. The van der Waals surface area contributed by atoms with E-state index in [-0.39, 0.29) is 5.78 Å². The van der Waals surface area contributed by atoms with Gasteiger partial charge in [0.15, 0.2) is 5.78 Å². The molecule has 0 aliphatic carbocycles. The van der Waals surface area contributed by atoms with Crippen molar-refractivity contribution in [3.63, 3.8) is 0 Å². The summed E-state index contributed by atoms with van der Waals surface area (Å²) in [5.74, 6) is -0.0465. The second kappa shape index (κ2) is 5.17. The van der Waals surface area contributed by atoms with Crippen LogP contribution in [0, 0.1) is 11.3 Å². The molecule has 0 amide bonds. The normalized spacial score (nSPS) is 10.7. The first kappa shape index (κ1) is 13.6. The van der Waals surface area contributed by atoms with E-state index < -0.39 is 0 Å². The Kier molecular flexibility index (Phi) is 3.50. The van der Waals surface area contributed by atoms with Crippen molar-refractivity contribution in [2.75, 3.05) is 0 Å². The molecule has 2 aromatic heterocycles. The van der Waals surface area contributed by atoms with Gasteiger partial charge in [-0.2, -0.15) is 5.26 Å². The summed E-state index contributed by atoms with van der Waals surface area (Å²) in [6.45, 7) is 0. The minimum Gasteiger partial charge on any atom is -0.360 e. The fraction of sp³-hybridized carbons (Fsp3) is 0. The van der Waals surface area contributed by atoms with Gasteiger partial charge in [0, 0.05) is 28.2 Å². The monoisotopic (exact) mass is 408 g/mol. The molecule has 0 atom stereocenters. The third-order valence-electron chi connectivity index (χ3n) is 2.96. The second-order valence-electron chi connectivity index (χ2n) is 4.14. The van der Waals surface area contributed by atoms with Gasteiger partial charge in [0.2, 0.25) is 0 Å². The lowest BCUT2D eigenvalue weighted by Gasteiger charge is -1.98. The van der Waals surface area contributed by atoms with E-state index in [9.17, 15) is 4.79 Å². The van der Waals surface area contributed by atoms with Crippen LogP contribution in [0.25, 0.3) is 10.9 Å². The highest BCUT2D eigenvalue weighted by atomic mass is 79.9. The summed E-state index contributed by atoms with van der Waals surface area (Å²) in [5.41, 5.74) is 2.60. The van der Waals surface area contributed by atoms with E-state index in [1.54, 1.807) is 30.5 Å². The lowest BCUT2D eigenvalue weighted by molar-refractivity contribution is 0.104. The highest BCUT2D eigenvalue weighted by Gasteiger charge is 2.19. The standard InChI is InChI=1S/C14H6Br2N2OS/c15-12-4-9(14(16)20-12)13(19)10-6-18-11-3-7(5-17)1-2-8(10)11/h1-4,6,18H. The van der Waals surface area contributed by atoms with Crippen LogP contribution in [-0.2, 0) is 0 Å². The molecule has 6 heteroatoms. The van der Waals surface area contributed by atoms with Crippen molar-refractivity contribution in [1.82, 2.24) is 4.98 Å². The quantitative estimate of drug-likeness (QED) is 0.614. The zero-order chi connectivity index (χ0) is 14.3. The zero-order valence-corrected chi connectivity index (χ0v) is 13.9. The molecule has 0 bridgehead atoms. The molecule has 0 aliphatic rings. The maximum atomic E-state index is 12.6. The van der Waals surface area contributed by atoms with E-state index in [0.29, 0.717) is 16.7 Å². The first-order chi connectivity index (χ1) is 9.60. The number of rotatable bonds is 2. The van der Waals surface area contributed by atoms with Gasteiger partial charge in [-0.3, -0.25) is 4.79 Å². The van der Waals surface area contributed by atoms with Gasteiger partial charge in [-0.1, -0.05) is 6.07 Å². The van der Waals surface area contributed by atoms with Crippen molar-refractivity contribution in [3.05, 3.63) is 54.7 Å². The van der Waals surface area contributed by atoms with Crippen molar-refractivity contribution in [1.29, 1.82) is 5.26 Å². The number of nitrogens with zero attached hydrogens (tertiary/aromatic N) is 1. The van der Waals surface area contributed by atoms with Crippen LogP contribution < -0.4 is 0 Å². The molecule has 0 radical (unpaired) electrons. The molecule has 3 aromatic rings. The Morgan fingerprint density at radius 3 is 2.70 bits per heavy atom. The van der Waals surface area contributed by atoms with Gasteiger partial charge in [-0.15, -0.1) is 11.3 Å². The Balaban J connectivity index is 2.13. The molecule has 98 valence electrons. The summed E-state index contributed by atoms with van der Waals surface area (Å²) < 4.78 is 1.71. The minimum absolute atomic E-state index is 0.0465. The number of nitrogens with one attached hydrogen (secondary N) is 1. The maximum Gasteiger partial charge on any atom is 0.197 e. The number of benzene rings is 1. The third-order valence-corrected chi connectivity index (χ3v) is 5.30. The Morgan fingerprint density at radius 2 is 2.05 bits per heavy atom. The van der Waals surface area contributed by atoms with E-state index in [1.165, 1.54) is 11.3 Å². The summed E-state index contributed by atoms with van der Waals surface area (Å²) >= 11 is 8.25. The number of ketones is 1. The molecular weight excluding hydrogens is 404 g/mol. The largest absolute Gasteiger partial charge is 0.360 e. The van der Waals surface area contributed by atoms with Gasteiger partial charge >= 0.3 is 0 Å². The molecule has 3 rings (SSSR count). The maximum absolute atomic E-state index is 12.6. The predicted molar refractivity (Wildman–Crippen MR) is 86.2 cm³/mol. The molecule has 0 unspecified atom stereocenters. The SMILES string of the molecule is N#Cc1ccc2c(C(=O)c3cc(Br)sc3Br)c[nH]c2c1. The number of carbonyl (C=O) groups excluding carboxylic acids is 1. The number of thiophene rings is 1. The highest BCUT2D eigenvalue weighted by molar-refractivity contribution is 9.12.